The van der Waals surface area contributed by atoms with Crippen LogP contribution in [0.25, 0.3) is 0 Å². The van der Waals surface area contributed by atoms with Crippen LogP contribution in [0.2, 0.25) is 0 Å². The monoisotopic (exact) mass is 1120 g/mol. The van der Waals surface area contributed by atoms with E-state index in [1.165, 1.54) is 161 Å². The van der Waals surface area contributed by atoms with Crippen LogP contribution in [0.3, 0.4) is 0 Å². The smallest absolute Gasteiger partial charge is 0.306 e. The molecule has 0 bridgehead atoms. The quantitative estimate of drug-likeness (QED) is 0.0261. The van der Waals surface area contributed by atoms with Crippen LogP contribution in [0.1, 0.15) is 316 Å². The third kappa shape index (κ3) is 66.5. The zero-order valence-electron chi connectivity index (χ0n) is 53.0. The van der Waals surface area contributed by atoms with Gasteiger partial charge in [-0.15, -0.1) is 0 Å². The Labute approximate surface area is 501 Å². The van der Waals surface area contributed by atoms with Crippen molar-refractivity contribution in [3.63, 3.8) is 0 Å². The summed E-state index contributed by atoms with van der Waals surface area (Å²) in [7, 11) is 0. The zero-order chi connectivity index (χ0) is 58.5. The van der Waals surface area contributed by atoms with Crippen LogP contribution in [0.5, 0.6) is 0 Å². The van der Waals surface area contributed by atoms with Gasteiger partial charge < -0.3 is 14.2 Å². The molecule has 0 aliphatic heterocycles. The Hall–Kier alpha value is -4.19. The largest absolute Gasteiger partial charge is 0.462 e. The number of allylic oxidation sites excluding steroid dienone is 20. The SMILES string of the molecule is CC/C=C\C/C=C\C/C=C\C/C=C\C/C=C\CCCCCCCCCCCCCCCCCC(=O)OCC(COC(=O)CCCC/C=C\C/C=C\C/C=C\C/C=C\CC)OC(=O)CCCCCCCCC/C=C\CCCCCCCC. The third-order valence-corrected chi connectivity index (χ3v) is 14.4. The molecule has 6 heteroatoms. The number of carbonyl (C=O) groups is 3. The van der Waals surface area contributed by atoms with Gasteiger partial charge in [0.15, 0.2) is 6.10 Å². The lowest BCUT2D eigenvalue weighted by Crippen LogP contribution is -2.30. The molecule has 0 aromatic heterocycles. The zero-order valence-corrected chi connectivity index (χ0v) is 53.0. The number of hydrogen-bond acceptors (Lipinski definition) is 6. The molecule has 0 spiro atoms. The van der Waals surface area contributed by atoms with Crippen molar-refractivity contribution in [2.24, 2.45) is 0 Å². The number of esters is 3. The molecule has 0 fully saturated rings. The van der Waals surface area contributed by atoms with E-state index in [9.17, 15) is 14.4 Å². The summed E-state index contributed by atoms with van der Waals surface area (Å²) in [5.41, 5.74) is 0. The van der Waals surface area contributed by atoms with Crippen LogP contribution in [0.15, 0.2) is 122 Å². The summed E-state index contributed by atoms with van der Waals surface area (Å²) in [5.74, 6) is -0.932. The van der Waals surface area contributed by atoms with Crippen LogP contribution in [-0.2, 0) is 28.6 Å². The highest BCUT2D eigenvalue weighted by atomic mass is 16.6. The number of unbranched alkanes of at least 4 members (excludes halogenated alkanes) is 30. The van der Waals surface area contributed by atoms with E-state index in [-0.39, 0.29) is 31.1 Å². The van der Waals surface area contributed by atoms with Crippen LogP contribution in [0, 0.1) is 0 Å². The molecule has 0 amide bonds. The first-order chi connectivity index (χ1) is 40.0. The van der Waals surface area contributed by atoms with Gasteiger partial charge in [-0.3, -0.25) is 14.4 Å². The van der Waals surface area contributed by atoms with Crippen molar-refractivity contribution in [1.29, 1.82) is 0 Å². The molecular weight excluding hydrogens is 997 g/mol. The normalized spacial score (nSPS) is 12.9. The molecule has 0 aromatic rings. The van der Waals surface area contributed by atoms with E-state index in [2.05, 4.69) is 142 Å². The molecule has 81 heavy (non-hydrogen) atoms. The number of ether oxygens (including phenoxy) is 3. The Morgan fingerprint density at radius 1 is 0.259 bits per heavy atom. The summed E-state index contributed by atoms with van der Waals surface area (Å²) in [5, 5.41) is 0. The lowest BCUT2D eigenvalue weighted by atomic mass is 10.0. The highest BCUT2D eigenvalue weighted by molar-refractivity contribution is 5.71. The minimum absolute atomic E-state index is 0.0929. The van der Waals surface area contributed by atoms with Gasteiger partial charge >= 0.3 is 17.9 Å². The Morgan fingerprint density at radius 3 is 0.790 bits per heavy atom. The van der Waals surface area contributed by atoms with Gasteiger partial charge in [0.05, 0.1) is 0 Å². The molecule has 0 rings (SSSR count). The van der Waals surface area contributed by atoms with Crippen LogP contribution < -0.4 is 0 Å². The lowest BCUT2D eigenvalue weighted by Gasteiger charge is -2.18. The van der Waals surface area contributed by atoms with Gasteiger partial charge in [-0.2, -0.15) is 0 Å². The molecule has 0 heterocycles. The topological polar surface area (TPSA) is 78.9 Å². The molecule has 6 nitrogen and oxygen atoms in total. The number of rotatable bonds is 61. The van der Waals surface area contributed by atoms with Crippen molar-refractivity contribution in [3.05, 3.63) is 122 Å². The van der Waals surface area contributed by atoms with Crippen molar-refractivity contribution >= 4 is 17.9 Å². The fourth-order valence-corrected chi connectivity index (χ4v) is 9.40. The van der Waals surface area contributed by atoms with Gasteiger partial charge in [0.1, 0.15) is 13.2 Å². The summed E-state index contributed by atoms with van der Waals surface area (Å²) >= 11 is 0. The maximum Gasteiger partial charge on any atom is 0.306 e. The predicted octanol–water partition coefficient (Wildman–Crippen LogP) is 23.6. The summed E-state index contributed by atoms with van der Waals surface area (Å²) in [6, 6.07) is 0. The van der Waals surface area contributed by atoms with Gasteiger partial charge in [0, 0.05) is 19.3 Å². The maximum absolute atomic E-state index is 12.9. The van der Waals surface area contributed by atoms with Gasteiger partial charge in [-0.1, -0.05) is 290 Å². The lowest BCUT2D eigenvalue weighted by molar-refractivity contribution is -0.167. The van der Waals surface area contributed by atoms with Crippen molar-refractivity contribution < 1.29 is 28.6 Å². The van der Waals surface area contributed by atoms with E-state index in [4.69, 9.17) is 14.2 Å². The first-order valence-electron chi connectivity index (χ1n) is 34.0. The summed E-state index contributed by atoms with van der Waals surface area (Å²) in [4.78, 5) is 38.4. The Kier molecular flexibility index (Phi) is 64.8. The van der Waals surface area contributed by atoms with Crippen molar-refractivity contribution in [3.8, 4) is 0 Å². The van der Waals surface area contributed by atoms with Gasteiger partial charge in [0.2, 0.25) is 0 Å². The molecule has 0 aromatic carbocycles. The summed E-state index contributed by atoms with van der Waals surface area (Å²) in [6.07, 6.45) is 95.1. The standard InChI is InChI=1S/C75H126O6/c1-4-7-10-13-16-19-22-25-28-30-31-32-33-34-35-36-37-38-39-40-41-42-43-45-47-50-53-56-59-62-65-68-74(77)80-71-72(70-79-73(76)67-64-61-58-55-52-49-46-27-24-21-18-15-12-9-6-3)81-75(78)69-66-63-60-57-54-51-48-44-29-26-23-20-17-14-11-8-5-2/h7,9-10,12,16,18-19,21,25-29,31-32,34-35,46,52,55,72H,4-6,8,11,13-15,17,20,22-24,30,33,36-45,47-51,53-54,56-71H2,1-3H3/b10-7-,12-9-,19-16-,21-18-,28-25-,29-26-,32-31-,35-34-,46-27-,55-52-. The second-order valence-electron chi connectivity index (χ2n) is 22.3. The molecule has 0 saturated heterocycles. The average Bonchev–Trinajstić information content (AvgIpc) is 3.47. The summed E-state index contributed by atoms with van der Waals surface area (Å²) in [6.45, 7) is 6.39. The van der Waals surface area contributed by atoms with E-state index in [1.54, 1.807) is 0 Å². The fraction of sp³-hybridized carbons (Fsp3) is 0.693. The average molecular weight is 1120 g/mol. The molecular formula is C75H126O6. The molecule has 0 N–H and O–H groups in total. The maximum atomic E-state index is 12.9. The molecule has 1 unspecified atom stereocenters. The molecule has 0 aliphatic carbocycles. The van der Waals surface area contributed by atoms with Gasteiger partial charge in [-0.05, 0) is 128 Å². The van der Waals surface area contributed by atoms with E-state index in [1.807, 2.05) is 0 Å². The van der Waals surface area contributed by atoms with Crippen LogP contribution >= 0.6 is 0 Å². The Morgan fingerprint density at radius 2 is 0.481 bits per heavy atom. The van der Waals surface area contributed by atoms with E-state index < -0.39 is 6.10 Å². The second-order valence-corrected chi connectivity index (χ2v) is 22.3. The highest BCUT2D eigenvalue weighted by Crippen LogP contribution is 2.16. The van der Waals surface area contributed by atoms with E-state index in [0.717, 1.165) is 116 Å². The van der Waals surface area contributed by atoms with Crippen LogP contribution in [-0.4, -0.2) is 37.2 Å². The minimum Gasteiger partial charge on any atom is -0.462 e. The van der Waals surface area contributed by atoms with E-state index in [0.29, 0.717) is 19.3 Å². The Balaban J connectivity index is 4.28. The van der Waals surface area contributed by atoms with Crippen molar-refractivity contribution in [2.45, 2.75) is 322 Å². The second kappa shape index (κ2) is 68.3. The van der Waals surface area contributed by atoms with Gasteiger partial charge in [-0.25, -0.2) is 0 Å². The van der Waals surface area contributed by atoms with Crippen molar-refractivity contribution in [2.75, 3.05) is 13.2 Å². The number of hydrogen-bond donors (Lipinski definition) is 0. The Bertz CT molecular complexity index is 1670. The van der Waals surface area contributed by atoms with Crippen LogP contribution in [0.4, 0.5) is 0 Å². The molecule has 1 atom stereocenters. The van der Waals surface area contributed by atoms with E-state index >= 15 is 0 Å². The van der Waals surface area contributed by atoms with Crippen molar-refractivity contribution in [1.82, 2.24) is 0 Å². The number of carbonyl (C=O) groups excluding carboxylic acids is 3. The molecule has 462 valence electrons. The highest BCUT2D eigenvalue weighted by Gasteiger charge is 2.19. The van der Waals surface area contributed by atoms with Gasteiger partial charge in [0.25, 0.3) is 0 Å². The first kappa shape index (κ1) is 76.8. The summed E-state index contributed by atoms with van der Waals surface area (Å²) < 4.78 is 16.9. The molecule has 0 saturated carbocycles. The molecule has 0 radical (unpaired) electrons. The third-order valence-electron chi connectivity index (χ3n) is 14.4. The fourth-order valence-electron chi connectivity index (χ4n) is 9.40. The predicted molar refractivity (Wildman–Crippen MR) is 353 cm³/mol. The molecule has 0 aliphatic rings. The minimum atomic E-state index is -0.800. The first-order valence-corrected chi connectivity index (χ1v) is 34.0.